The lowest BCUT2D eigenvalue weighted by atomic mass is 10.4. The lowest BCUT2D eigenvalue weighted by molar-refractivity contribution is 0.307. The maximum Gasteiger partial charge on any atom is 0.222 e. The Morgan fingerprint density at radius 2 is 2.15 bits per heavy atom. The van der Waals surface area contributed by atoms with E-state index in [2.05, 4.69) is 15.3 Å². The van der Waals surface area contributed by atoms with Crippen molar-refractivity contribution in [1.82, 2.24) is 15.3 Å². The van der Waals surface area contributed by atoms with Crippen molar-refractivity contribution in [2.24, 2.45) is 0 Å². The molecule has 0 atom stereocenters. The number of nitrogens with zero attached hydrogens (tertiary/aromatic N) is 2. The molecule has 0 aliphatic rings. The van der Waals surface area contributed by atoms with Gasteiger partial charge in [0.1, 0.15) is 0 Å². The average Bonchev–Trinajstić information content (AvgIpc) is 2.15. The molecule has 1 aromatic rings. The van der Waals surface area contributed by atoms with Gasteiger partial charge in [-0.25, -0.2) is 9.97 Å². The van der Waals surface area contributed by atoms with Crippen molar-refractivity contribution in [2.75, 3.05) is 20.2 Å². The van der Waals surface area contributed by atoms with E-state index in [0.29, 0.717) is 12.4 Å². The summed E-state index contributed by atoms with van der Waals surface area (Å²) in [6.45, 7) is 1.60. The summed E-state index contributed by atoms with van der Waals surface area (Å²) in [5, 5.41) is 3.27. The summed E-state index contributed by atoms with van der Waals surface area (Å²) < 4.78 is 5.34. The normalized spacial score (nSPS) is 10.0. The molecule has 0 unspecified atom stereocenters. The molecule has 1 rings (SSSR count). The summed E-state index contributed by atoms with van der Waals surface area (Å²) in [6, 6.07) is 0. The minimum absolute atomic E-state index is 0.238. The first kappa shape index (κ1) is 10.2. The highest BCUT2D eigenvalue weighted by Gasteiger charge is 1.94. The van der Waals surface area contributed by atoms with Crippen LogP contribution in [0.5, 0.6) is 5.75 Å². The predicted molar refractivity (Wildman–Crippen MR) is 51.1 cm³/mol. The van der Waals surface area contributed by atoms with E-state index < -0.39 is 0 Å². The molecule has 0 aliphatic carbocycles. The highest BCUT2D eigenvalue weighted by atomic mass is 35.5. The van der Waals surface area contributed by atoms with Crippen LogP contribution < -0.4 is 10.1 Å². The molecule has 0 spiro atoms. The molecule has 13 heavy (non-hydrogen) atoms. The van der Waals surface area contributed by atoms with Crippen molar-refractivity contribution in [1.29, 1.82) is 0 Å². The number of ether oxygens (including phenoxy) is 1. The molecule has 0 fully saturated rings. The largest absolute Gasteiger partial charge is 0.490 e. The second-order valence-corrected chi connectivity index (χ2v) is 2.83. The Hall–Kier alpha value is -0.870. The molecule has 0 saturated heterocycles. The standard InChI is InChI=1S/C8H12ClN3O/c1-10-3-2-4-13-7-5-11-8(9)12-6-7/h5-6,10H,2-4H2,1H3. The van der Waals surface area contributed by atoms with E-state index >= 15 is 0 Å². The van der Waals surface area contributed by atoms with Gasteiger partial charge in [-0.3, -0.25) is 0 Å². The van der Waals surface area contributed by atoms with Crippen LogP contribution in [0.1, 0.15) is 6.42 Å². The summed E-state index contributed by atoms with van der Waals surface area (Å²) in [7, 11) is 1.91. The zero-order valence-corrected chi connectivity index (χ0v) is 8.21. The van der Waals surface area contributed by atoms with Crippen molar-refractivity contribution in [3.8, 4) is 5.75 Å². The van der Waals surface area contributed by atoms with E-state index in [1.807, 2.05) is 7.05 Å². The average molecular weight is 202 g/mol. The topological polar surface area (TPSA) is 47.0 Å². The van der Waals surface area contributed by atoms with Gasteiger partial charge in [-0.2, -0.15) is 0 Å². The number of hydrogen-bond donors (Lipinski definition) is 1. The minimum Gasteiger partial charge on any atom is -0.490 e. The summed E-state index contributed by atoms with van der Waals surface area (Å²) in [6.07, 6.45) is 4.09. The van der Waals surface area contributed by atoms with Gasteiger partial charge >= 0.3 is 0 Å². The molecule has 1 aromatic heterocycles. The SMILES string of the molecule is CNCCCOc1cnc(Cl)nc1. The van der Waals surface area contributed by atoms with Crippen molar-refractivity contribution >= 4 is 11.6 Å². The molecule has 0 aliphatic heterocycles. The first-order chi connectivity index (χ1) is 6.33. The van der Waals surface area contributed by atoms with E-state index in [0.717, 1.165) is 13.0 Å². The number of hydrogen-bond acceptors (Lipinski definition) is 4. The molecule has 5 heteroatoms. The van der Waals surface area contributed by atoms with Gasteiger partial charge in [-0.05, 0) is 31.6 Å². The molecule has 0 bridgehead atoms. The molecule has 1 heterocycles. The van der Waals surface area contributed by atoms with Crippen LogP contribution >= 0.6 is 11.6 Å². The molecule has 0 amide bonds. The number of nitrogens with one attached hydrogen (secondary N) is 1. The molecule has 0 saturated carbocycles. The predicted octanol–water partition coefficient (Wildman–Crippen LogP) is 1.12. The van der Waals surface area contributed by atoms with E-state index in [-0.39, 0.29) is 5.28 Å². The first-order valence-corrected chi connectivity index (χ1v) is 4.45. The number of aromatic nitrogens is 2. The van der Waals surface area contributed by atoms with Crippen molar-refractivity contribution in [3.63, 3.8) is 0 Å². The number of halogens is 1. The van der Waals surface area contributed by atoms with Crippen molar-refractivity contribution in [2.45, 2.75) is 6.42 Å². The van der Waals surface area contributed by atoms with Gasteiger partial charge in [0.05, 0.1) is 19.0 Å². The zero-order chi connectivity index (χ0) is 9.52. The Labute approximate surface area is 82.3 Å². The summed E-state index contributed by atoms with van der Waals surface area (Å²) in [5.41, 5.74) is 0. The molecule has 4 nitrogen and oxygen atoms in total. The molecule has 72 valence electrons. The lowest BCUT2D eigenvalue weighted by Gasteiger charge is -2.04. The minimum atomic E-state index is 0.238. The zero-order valence-electron chi connectivity index (χ0n) is 7.46. The van der Waals surface area contributed by atoms with E-state index in [1.54, 1.807) is 12.4 Å². The van der Waals surface area contributed by atoms with Crippen LogP contribution in [0.15, 0.2) is 12.4 Å². The van der Waals surface area contributed by atoms with Gasteiger partial charge in [0.15, 0.2) is 5.75 Å². The van der Waals surface area contributed by atoms with Crippen LogP contribution in [0.3, 0.4) is 0 Å². The van der Waals surface area contributed by atoms with E-state index in [4.69, 9.17) is 16.3 Å². The fraction of sp³-hybridized carbons (Fsp3) is 0.500. The van der Waals surface area contributed by atoms with E-state index in [1.165, 1.54) is 0 Å². The second kappa shape index (κ2) is 5.72. The summed E-state index contributed by atoms with van der Waals surface area (Å²) >= 11 is 5.51. The van der Waals surface area contributed by atoms with Gasteiger partial charge in [0, 0.05) is 0 Å². The van der Waals surface area contributed by atoms with Crippen molar-refractivity contribution < 1.29 is 4.74 Å². The molecule has 0 aromatic carbocycles. The Kier molecular flexibility index (Phi) is 4.49. The van der Waals surface area contributed by atoms with Gasteiger partial charge in [-0.15, -0.1) is 0 Å². The smallest absolute Gasteiger partial charge is 0.222 e. The number of rotatable bonds is 5. The fourth-order valence-corrected chi connectivity index (χ4v) is 0.912. The summed E-state index contributed by atoms with van der Waals surface area (Å²) in [4.78, 5) is 7.58. The van der Waals surface area contributed by atoms with Gasteiger partial charge in [-0.1, -0.05) is 0 Å². The van der Waals surface area contributed by atoms with Crippen molar-refractivity contribution in [3.05, 3.63) is 17.7 Å². The van der Waals surface area contributed by atoms with Gasteiger partial charge in [0.2, 0.25) is 5.28 Å². The van der Waals surface area contributed by atoms with Gasteiger partial charge < -0.3 is 10.1 Å². The Bertz CT molecular complexity index is 240. The quantitative estimate of drug-likeness (QED) is 0.573. The van der Waals surface area contributed by atoms with Crippen LogP contribution in [-0.4, -0.2) is 30.2 Å². The Morgan fingerprint density at radius 3 is 2.77 bits per heavy atom. The second-order valence-electron chi connectivity index (χ2n) is 2.49. The van der Waals surface area contributed by atoms with Crippen LogP contribution in [0, 0.1) is 0 Å². The first-order valence-electron chi connectivity index (χ1n) is 4.08. The Morgan fingerprint density at radius 1 is 1.46 bits per heavy atom. The van der Waals surface area contributed by atoms with Crippen LogP contribution in [0.4, 0.5) is 0 Å². The molecular formula is C8H12ClN3O. The molecular weight excluding hydrogens is 190 g/mol. The summed E-state index contributed by atoms with van der Waals surface area (Å²) in [5.74, 6) is 0.653. The fourth-order valence-electron chi connectivity index (χ4n) is 0.814. The third kappa shape index (κ3) is 4.05. The lowest BCUT2D eigenvalue weighted by Crippen LogP contribution is -2.11. The van der Waals surface area contributed by atoms with Crippen LogP contribution in [0.25, 0.3) is 0 Å². The highest BCUT2D eigenvalue weighted by Crippen LogP contribution is 2.08. The van der Waals surface area contributed by atoms with Gasteiger partial charge in [0.25, 0.3) is 0 Å². The highest BCUT2D eigenvalue weighted by molar-refractivity contribution is 6.28. The molecule has 0 radical (unpaired) electrons. The third-order valence-electron chi connectivity index (χ3n) is 1.44. The third-order valence-corrected chi connectivity index (χ3v) is 1.63. The monoisotopic (exact) mass is 201 g/mol. The molecule has 1 N–H and O–H groups in total. The van der Waals surface area contributed by atoms with E-state index in [9.17, 15) is 0 Å². The maximum absolute atomic E-state index is 5.51. The van der Waals surface area contributed by atoms with Crippen LogP contribution in [-0.2, 0) is 0 Å². The van der Waals surface area contributed by atoms with Crippen LogP contribution in [0.2, 0.25) is 5.28 Å². The Balaban J connectivity index is 2.25. The maximum atomic E-state index is 5.51.